The summed E-state index contributed by atoms with van der Waals surface area (Å²) in [4.78, 5) is 23.9. The number of anilines is 1. The Bertz CT molecular complexity index is 776. The monoisotopic (exact) mass is 341 g/mol. The maximum absolute atomic E-state index is 12.8. The van der Waals surface area contributed by atoms with Crippen molar-refractivity contribution in [3.05, 3.63) is 65.5 Å². The molecular formula is C19H20FN3O2. The van der Waals surface area contributed by atoms with Crippen LogP contribution >= 0.6 is 0 Å². The van der Waals surface area contributed by atoms with Crippen molar-refractivity contribution in [3.8, 4) is 0 Å². The summed E-state index contributed by atoms with van der Waals surface area (Å²) >= 11 is 0. The Hall–Kier alpha value is -3.02. The van der Waals surface area contributed by atoms with Crippen LogP contribution < -0.4 is 10.7 Å². The summed E-state index contributed by atoms with van der Waals surface area (Å²) < 4.78 is 12.8. The summed E-state index contributed by atoms with van der Waals surface area (Å²) in [6.07, 6.45) is 1.43. The Balaban J connectivity index is 1.94. The summed E-state index contributed by atoms with van der Waals surface area (Å²) in [5.74, 6) is -0.819. The van der Waals surface area contributed by atoms with E-state index in [2.05, 4.69) is 15.8 Å². The Morgan fingerprint density at radius 1 is 1.00 bits per heavy atom. The van der Waals surface area contributed by atoms with Gasteiger partial charge in [-0.1, -0.05) is 32.9 Å². The largest absolute Gasteiger partial charge is 0.326 e. The molecule has 0 aliphatic rings. The van der Waals surface area contributed by atoms with Gasteiger partial charge in [0.05, 0.1) is 6.21 Å². The molecule has 0 atom stereocenters. The van der Waals surface area contributed by atoms with Gasteiger partial charge in [-0.2, -0.15) is 5.10 Å². The van der Waals surface area contributed by atoms with Crippen molar-refractivity contribution in [1.29, 1.82) is 0 Å². The molecule has 0 aromatic heterocycles. The lowest BCUT2D eigenvalue weighted by Crippen LogP contribution is -2.27. The molecule has 5 nitrogen and oxygen atoms in total. The predicted octanol–water partition coefficient (Wildman–Crippen LogP) is 3.57. The average molecular weight is 341 g/mol. The Labute approximate surface area is 145 Å². The van der Waals surface area contributed by atoms with Gasteiger partial charge >= 0.3 is 0 Å². The van der Waals surface area contributed by atoms with E-state index in [0.29, 0.717) is 16.8 Å². The van der Waals surface area contributed by atoms with Crippen LogP contribution in [0, 0.1) is 11.2 Å². The number of carbonyl (C=O) groups excluding carboxylic acids is 2. The number of benzene rings is 2. The Kier molecular flexibility index (Phi) is 5.64. The van der Waals surface area contributed by atoms with E-state index < -0.39 is 5.41 Å². The lowest BCUT2D eigenvalue weighted by atomic mass is 9.95. The van der Waals surface area contributed by atoms with Crippen molar-refractivity contribution in [2.24, 2.45) is 10.5 Å². The number of halogens is 1. The van der Waals surface area contributed by atoms with E-state index in [1.165, 1.54) is 18.3 Å². The van der Waals surface area contributed by atoms with Crippen LogP contribution in [-0.2, 0) is 4.79 Å². The van der Waals surface area contributed by atoms with E-state index in [9.17, 15) is 14.0 Å². The lowest BCUT2D eigenvalue weighted by Gasteiger charge is -2.17. The van der Waals surface area contributed by atoms with Gasteiger partial charge in [-0.05, 0) is 42.0 Å². The highest BCUT2D eigenvalue weighted by molar-refractivity contribution is 5.97. The first-order valence-electron chi connectivity index (χ1n) is 7.76. The molecule has 0 radical (unpaired) electrons. The van der Waals surface area contributed by atoms with Crippen LogP contribution in [0.25, 0.3) is 0 Å². The highest BCUT2D eigenvalue weighted by atomic mass is 19.1. The number of nitrogens with one attached hydrogen (secondary N) is 2. The molecule has 2 aromatic carbocycles. The first kappa shape index (κ1) is 18.3. The van der Waals surface area contributed by atoms with Crippen molar-refractivity contribution in [2.45, 2.75) is 20.8 Å². The minimum atomic E-state index is -0.495. The second-order valence-electron chi connectivity index (χ2n) is 6.53. The molecule has 130 valence electrons. The maximum atomic E-state index is 12.8. The standard InChI is InChI=1S/C19H20FN3O2/c1-19(2,3)18(25)22-16-10-6-14(7-11-16)17(24)23-21-12-13-4-8-15(20)9-5-13/h4-12H,1-3H3,(H,22,25)(H,23,24)/b21-12+. The van der Waals surface area contributed by atoms with Crippen LogP contribution in [0.15, 0.2) is 53.6 Å². The maximum Gasteiger partial charge on any atom is 0.271 e. The van der Waals surface area contributed by atoms with Crippen LogP contribution in [0.5, 0.6) is 0 Å². The molecule has 2 N–H and O–H groups in total. The smallest absolute Gasteiger partial charge is 0.271 e. The molecule has 0 aliphatic heterocycles. The van der Waals surface area contributed by atoms with Gasteiger partial charge in [-0.25, -0.2) is 9.82 Å². The van der Waals surface area contributed by atoms with E-state index >= 15 is 0 Å². The normalized spacial score (nSPS) is 11.4. The third-order valence-electron chi connectivity index (χ3n) is 3.34. The summed E-state index contributed by atoms with van der Waals surface area (Å²) in [5, 5.41) is 6.62. The molecule has 2 rings (SSSR count). The number of hydrogen-bond donors (Lipinski definition) is 2. The second kappa shape index (κ2) is 7.70. The van der Waals surface area contributed by atoms with Crippen molar-refractivity contribution in [1.82, 2.24) is 5.43 Å². The van der Waals surface area contributed by atoms with Crippen LogP contribution in [0.1, 0.15) is 36.7 Å². The summed E-state index contributed by atoms with van der Waals surface area (Å²) in [6.45, 7) is 5.47. The fourth-order valence-corrected chi connectivity index (χ4v) is 1.80. The Morgan fingerprint density at radius 2 is 1.60 bits per heavy atom. The number of hydrazone groups is 1. The number of carbonyl (C=O) groups is 2. The first-order valence-corrected chi connectivity index (χ1v) is 7.76. The van der Waals surface area contributed by atoms with Gasteiger partial charge in [0.15, 0.2) is 0 Å². The van der Waals surface area contributed by atoms with Crippen molar-refractivity contribution in [2.75, 3.05) is 5.32 Å². The zero-order valence-electron chi connectivity index (χ0n) is 14.3. The molecular weight excluding hydrogens is 321 g/mol. The average Bonchev–Trinajstić information content (AvgIpc) is 2.56. The zero-order valence-corrected chi connectivity index (χ0v) is 14.3. The van der Waals surface area contributed by atoms with Gasteiger partial charge in [-0.15, -0.1) is 0 Å². The van der Waals surface area contributed by atoms with E-state index in [-0.39, 0.29) is 17.6 Å². The van der Waals surface area contributed by atoms with Crippen LogP contribution in [0.2, 0.25) is 0 Å². The topological polar surface area (TPSA) is 70.6 Å². The predicted molar refractivity (Wildman–Crippen MR) is 96.0 cm³/mol. The molecule has 2 amide bonds. The van der Waals surface area contributed by atoms with Crippen molar-refractivity contribution in [3.63, 3.8) is 0 Å². The lowest BCUT2D eigenvalue weighted by molar-refractivity contribution is -0.123. The minimum Gasteiger partial charge on any atom is -0.326 e. The SMILES string of the molecule is CC(C)(C)C(=O)Nc1ccc(C(=O)N/N=C/c2ccc(F)cc2)cc1. The van der Waals surface area contributed by atoms with Gasteiger partial charge in [0.1, 0.15) is 5.82 Å². The number of rotatable bonds is 4. The van der Waals surface area contributed by atoms with Gasteiger partial charge in [0, 0.05) is 16.7 Å². The van der Waals surface area contributed by atoms with Crippen molar-refractivity contribution >= 4 is 23.7 Å². The molecule has 0 bridgehead atoms. The Morgan fingerprint density at radius 3 is 2.16 bits per heavy atom. The molecule has 2 aromatic rings. The zero-order chi connectivity index (χ0) is 18.4. The number of nitrogens with zero attached hydrogens (tertiary/aromatic N) is 1. The van der Waals surface area contributed by atoms with E-state index in [1.807, 2.05) is 20.8 Å². The molecule has 0 fully saturated rings. The highest BCUT2D eigenvalue weighted by Gasteiger charge is 2.21. The number of hydrogen-bond acceptors (Lipinski definition) is 3. The molecule has 0 unspecified atom stereocenters. The molecule has 0 aliphatic carbocycles. The summed E-state index contributed by atoms with van der Waals surface area (Å²) in [6, 6.07) is 12.2. The van der Waals surface area contributed by atoms with E-state index in [4.69, 9.17) is 0 Å². The molecule has 25 heavy (non-hydrogen) atoms. The second-order valence-corrected chi connectivity index (χ2v) is 6.53. The van der Waals surface area contributed by atoms with E-state index in [1.54, 1.807) is 36.4 Å². The van der Waals surface area contributed by atoms with Gasteiger partial charge in [-0.3, -0.25) is 9.59 Å². The fourth-order valence-electron chi connectivity index (χ4n) is 1.80. The summed E-state index contributed by atoms with van der Waals surface area (Å²) in [5.41, 5.74) is 3.59. The van der Waals surface area contributed by atoms with Crippen LogP contribution in [-0.4, -0.2) is 18.0 Å². The minimum absolute atomic E-state index is 0.103. The molecule has 0 saturated heterocycles. The molecule has 6 heteroatoms. The molecule has 0 spiro atoms. The first-order chi connectivity index (χ1) is 11.8. The van der Waals surface area contributed by atoms with Crippen molar-refractivity contribution < 1.29 is 14.0 Å². The third kappa shape index (κ3) is 5.53. The van der Waals surface area contributed by atoms with Gasteiger partial charge in [0.2, 0.25) is 5.91 Å². The van der Waals surface area contributed by atoms with E-state index in [0.717, 1.165) is 0 Å². The fraction of sp³-hybridized carbons (Fsp3) is 0.211. The quantitative estimate of drug-likeness (QED) is 0.659. The van der Waals surface area contributed by atoms with Gasteiger partial charge in [0.25, 0.3) is 5.91 Å². The van der Waals surface area contributed by atoms with Crippen LogP contribution in [0.3, 0.4) is 0 Å². The summed E-state index contributed by atoms with van der Waals surface area (Å²) in [7, 11) is 0. The van der Waals surface area contributed by atoms with Crippen LogP contribution in [0.4, 0.5) is 10.1 Å². The molecule has 0 heterocycles. The van der Waals surface area contributed by atoms with Gasteiger partial charge < -0.3 is 5.32 Å². The molecule has 0 saturated carbocycles. The highest BCUT2D eigenvalue weighted by Crippen LogP contribution is 2.17. The third-order valence-corrected chi connectivity index (χ3v) is 3.34. The number of amides is 2.